The summed E-state index contributed by atoms with van der Waals surface area (Å²) in [7, 11) is 0. The number of amides is 1. The number of hydrogen-bond acceptors (Lipinski definition) is 3. The minimum absolute atomic E-state index is 0.120. The molecule has 0 fully saturated rings. The smallest absolute Gasteiger partial charge is 0.224 e. The van der Waals surface area contributed by atoms with E-state index in [0.717, 1.165) is 0 Å². The van der Waals surface area contributed by atoms with E-state index < -0.39 is 5.91 Å². The Kier molecular flexibility index (Phi) is 3.39. The molecule has 4 nitrogen and oxygen atoms in total. The molecule has 0 heterocycles. The van der Waals surface area contributed by atoms with Gasteiger partial charge in [-0.1, -0.05) is 18.2 Å². The number of aliphatic imine (C=N–C) groups is 1. The Hall–Kier alpha value is -2.15. The van der Waals surface area contributed by atoms with Gasteiger partial charge in [-0.25, -0.2) is 4.99 Å². The first-order valence-corrected chi connectivity index (χ1v) is 4.03. The Morgan fingerprint density at radius 1 is 1.43 bits per heavy atom. The third-order valence-corrected chi connectivity index (χ3v) is 1.49. The standard InChI is InChI=1S/C10H9N3O/c11-7-9(6-10(12)14)13-8-4-2-1-3-5-8/h1-5H,6H2,(H2,12,14). The van der Waals surface area contributed by atoms with Gasteiger partial charge >= 0.3 is 0 Å². The number of nitrogens with zero attached hydrogens (tertiary/aromatic N) is 2. The van der Waals surface area contributed by atoms with Gasteiger partial charge in [0.15, 0.2) is 0 Å². The van der Waals surface area contributed by atoms with Crippen molar-refractivity contribution in [1.82, 2.24) is 0 Å². The SMILES string of the molecule is N#CC(CC(N)=O)=Nc1ccccc1. The van der Waals surface area contributed by atoms with Crippen LogP contribution in [0, 0.1) is 11.3 Å². The lowest BCUT2D eigenvalue weighted by Gasteiger charge is -1.94. The first-order valence-electron chi connectivity index (χ1n) is 4.03. The number of benzene rings is 1. The normalized spacial score (nSPS) is 10.6. The molecule has 14 heavy (non-hydrogen) atoms. The third kappa shape index (κ3) is 3.07. The Balaban J connectivity index is 2.86. The largest absolute Gasteiger partial charge is 0.369 e. The average Bonchev–Trinajstić information content (AvgIpc) is 2.17. The molecule has 0 aliphatic rings. The topological polar surface area (TPSA) is 79.2 Å². The van der Waals surface area contributed by atoms with E-state index in [0.29, 0.717) is 5.69 Å². The fraction of sp³-hybridized carbons (Fsp3) is 0.100. The maximum absolute atomic E-state index is 10.5. The molecule has 0 unspecified atom stereocenters. The van der Waals surface area contributed by atoms with Gasteiger partial charge in [0.25, 0.3) is 0 Å². The van der Waals surface area contributed by atoms with Crippen LogP contribution in [0.25, 0.3) is 0 Å². The molecule has 0 spiro atoms. The number of hydrogen-bond donors (Lipinski definition) is 1. The van der Waals surface area contributed by atoms with Crippen molar-refractivity contribution in [3.63, 3.8) is 0 Å². The van der Waals surface area contributed by atoms with Gasteiger partial charge in [-0.2, -0.15) is 5.26 Å². The second kappa shape index (κ2) is 4.77. The van der Waals surface area contributed by atoms with Crippen molar-refractivity contribution in [3.8, 4) is 6.07 Å². The predicted octanol–water partition coefficient (Wildman–Crippen LogP) is 1.16. The van der Waals surface area contributed by atoms with Gasteiger partial charge in [-0.15, -0.1) is 0 Å². The van der Waals surface area contributed by atoms with Crippen LogP contribution in [0.1, 0.15) is 6.42 Å². The minimum atomic E-state index is -0.554. The molecule has 0 bridgehead atoms. The maximum atomic E-state index is 10.5. The molecule has 0 radical (unpaired) electrons. The van der Waals surface area contributed by atoms with Gasteiger partial charge in [0.2, 0.25) is 5.91 Å². The van der Waals surface area contributed by atoms with Crippen molar-refractivity contribution in [2.24, 2.45) is 10.7 Å². The number of primary amides is 1. The Bertz CT molecular complexity index is 390. The zero-order valence-electron chi connectivity index (χ0n) is 7.47. The lowest BCUT2D eigenvalue weighted by Crippen LogP contribution is -2.14. The van der Waals surface area contributed by atoms with Crippen LogP contribution in [-0.2, 0) is 4.79 Å². The summed E-state index contributed by atoms with van der Waals surface area (Å²) in [5.74, 6) is -0.554. The number of para-hydroxylation sites is 1. The van der Waals surface area contributed by atoms with Crippen LogP contribution >= 0.6 is 0 Å². The van der Waals surface area contributed by atoms with Crippen LogP contribution in [0.15, 0.2) is 35.3 Å². The highest BCUT2D eigenvalue weighted by atomic mass is 16.1. The summed E-state index contributed by atoms with van der Waals surface area (Å²) in [6, 6.07) is 10.8. The molecule has 0 atom stereocenters. The Labute approximate surface area is 81.7 Å². The van der Waals surface area contributed by atoms with E-state index in [1.165, 1.54) is 0 Å². The number of carbonyl (C=O) groups is 1. The predicted molar refractivity (Wildman–Crippen MR) is 53.0 cm³/mol. The molecule has 0 aliphatic carbocycles. The van der Waals surface area contributed by atoms with E-state index in [1.807, 2.05) is 12.1 Å². The van der Waals surface area contributed by atoms with E-state index in [1.54, 1.807) is 24.3 Å². The molecule has 1 amide bonds. The van der Waals surface area contributed by atoms with Crippen molar-refractivity contribution < 1.29 is 4.79 Å². The van der Waals surface area contributed by atoms with Crippen molar-refractivity contribution in [1.29, 1.82) is 5.26 Å². The fourth-order valence-electron chi connectivity index (χ4n) is 0.927. The number of nitrogens with two attached hydrogens (primary N) is 1. The monoisotopic (exact) mass is 187 g/mol. The molecular weight excluding hydrogens is 178 g/mol. The van der Waals surface area contributed by atoms with Gasteiger partial charge < -0.3 is 5.73 Å². The Morgan fingerprint density at radius 2 is 2.07 bits per heavy atom. The van der Waals surface area contributed by atoms with Crippen LogP contribution in [0.4, 0.5) is 5.69 Å². The third-order valence-electron chi connectivity index (χ3n) is 1.49. The number of carbonyl (C=O) groups excluding carboxylic acids is 1. The summed E-state index contributed by atoms with van der Waals surface area (Å²) in [5, 5.41) is 8.65. The molecular formula is C10H9N3O. The highest BCUT2D eigenvalue weighted by Gasteiger charge is 2.02. The minimum Gasteiger partial charge on any atom is -0.369 e. The second-order valence-electron chi connectivity index (χ2n) is 2.65. The molecule has 4 heteroatoms. The second-order valence-corrected chi connectivity index (χ2v) is 2.65. The summed E-state index contributed by atoms with van der Waals surface area (Å²) in [4.78, 5) is 14.5. The van der Waals surface area contributed by atoms with E-state index in [-0.39, 0.29) is 12.1 Å². The molecule has 0 aliphatic heterocycles. The summed E-state index contributed by atoms with van der Waals surface area (Å²) >= 11 is 0. The summed E-state index contributed by atoms with van der Waals surface area (Å²) in [6.07, 6.45) is -0.120. The molecule has 1 aromatic carbocycles. The van der Waals surface area contributed by atoms with Crippen molar-refractivity contribution in [2.45, 2.75) is 6.42 Å². The first-order chi connectivity index (χ1) is 6.72. The molecule has 0 saturated carbocycles. The summed E-state index contributed by atoms with van der Waals surface area (Å²) in [6.45, 7) is 0. The molecule has 0 aromatic heterocycles. The number of rotatable bonds is 3. The lowest BCUT2D eigenvalue weighted by molar-refractivity contribution is -0.116. The molecule has 1 rings (SSSR count). The van der Waals surface area contributed by atoms with E-state index >= 15 is 0 Å². The van der Waals surface area contributed by atoms with Crippen LogP contribution < -0.4 is 5.73 Å². The van der Waals surface area contributed by atoms with Crippen LogP contribution in [0.2, 0.25) is 0 Å². The quantitative estimate of drug-likeness (QED) is 0.720. The molecule has 2 N–H and O–H groups in total. The highest BCUT2D eigenvalue weighted by Crippen LogP contribution is 2.10. The zero-order valence-corrected chi connectivity index (χ0v) is 7.47. The summed E-state index contributed by atoms with van der Waals surface area (Å²) < 4.78 is 0. The lowest BCUT2D eigenvalue weighted by atomic mass is 10.2. The average molecular weight is 187 g/mol. The fourth-order valence-corrected chi connectivity index (χ4v) is 0.927. The highest BCUT2D eigenvalue weighted by molar-refractivity contribution is 6.09. The Morgan fingerprint density at radius 3 is 2.57 bits per heavy atom. The van der Waals surface area contributed by atoms with Gasteiger partial charge in [0, 0.05) is 0 Å². The van der Waals surface area contributed by atoms with Crippen LogP contribution in [0.3, 0.4) is 0 Å². The van der Waals surface area contributed by atoms with Crippen molar-refractivity contribution >= 4 is 17.3 Å². The molecule has 70 valence electrons. The first kappa shape index (κ1) is 9.93. The van der Waals surface area contributed by atoms with Crippen LogP contribution in [-0.4, -0.2) is 11.6 Å². The number of nitriles is 1. The van der Waals surface area contributed by atoms with Crippen LogP contribution in [0.5, 0.6) is 0 Å². The maximum Gasteiger partial charge on any atom is 0.224 e. The van der Waals surface area contributed by atoms with Gasteiger partial charge in [-0.05, 0) is 12.1 Å². The van der Waals surface area contributed by atoms with Crippen molar-refractivity contribution in [3.05, 3.63) is 30.3 Å². The van der Waals surface area contributed by atoms with Gasteiger partial charge in [0.05, 0.1) is 12.1 Å². The van der Waals surface area contributed by atoms with E-state index in [4.69, 9.17) is 11.0 Å². The zero-order chi connectivity index (χ0) is 10.4. The summed E-state index contributed by atoms with van der Waals surface area (Å²) in [5.41, 5.74) is 5.72. The molecule has 0 saturated heterocycles. The van der Waals surface area contributed by atoms with Crippen molar-refractivity contribution in [2.75, 3.05) is 0 Å². The van der Waals surface area contributed by atoms with Gasteiger partial charge in [0.1, 0.15) is 11.8 Å². The van der Waals surface area contributed by atoms with Gasteiger partial charge in [-0.3, -0.25) is 4.79 Å². The molecule has 1 aromatic rings. The van der Waals surface area contributed by atoms with E-state index in [2.05, 4.69) is 4.99 Å². The van der Waals surface area contributed by atoms with E-state index in [9.17, 15) is 4.79 Å².